The van der Waals surface area contributed by atoms with Gasteiger partial charge >= 0.3 is 0 Å². The molecule has 2 heterocycles. The highest BCUT2D eigenvalue weighted by molar-refractivity contribution is 5.92. The highest BCUT2D eigenvalue weighted by Gasteiger charge is 2.28. The molecule has 0 spiro atoms. The van der Waals surface area contributed by atoms with Crippen molar-refractivity contribution < 1.29 is 4.79 Å². The lowest BCUT2D eigenvalue weighted by molar-refractivity contribution is 0.0712. The van der Waals surface area contributed by atoms with Gasteiger partial charge in [-0.3, -0.25) is 9.59 Å². The lowest BCUT2D eigenvalue weighted by atomic mass is 10.0. The summed E-state index contributed by atoms with van der Waals surface area (Å²) >= 11 is 0. The maximum absolute atomic E-state index is 12.3. The van der Waals surface area contributed by atoms with Crippen LogP contribution >= 0.6 is 0 Å². The van der Waals surface area contributed by atoms with Gasteiger partial charge in [-0.1, -0.05) is 26.0 Å². The molecule has 1 aliphatic rings. The number of carbonyl (C=O) groups is 1. The summed E-state index contributed by atoms with van der Waals surface area (Å²) in [5.74, 6) is 0.231. The van der Waals surface area contributed by atoms with Crippen LogP contribution in [0.2, 0.25) is 0 Å². The van der Waals surface area contributed by atoms with Crippen LogP contribution in [0.5, 0.6) is 0 Å². The van der Waals surface area contributed by atoms with Crippen molar-refractivity contribution >= 4 is 5.91 Å². The average molecular weight is 247 g/mol. The van der Waals surface area contributed by atoms with Crippen molar-refractivity contribution in [3.05, 3.63) is 40.3 Å². The normalized spacial score (nSPS) is 18.7. The highest BCUT2D eigenvalue weighted by Crippen LogP contribution is 2.19. The lowest BCUT2D eigenvalue weighted by Gasteiger charge is -2.27. The van der Waals surface area contributed by atoms with Crippen LogP contribution in [0.1, 0.15) is 24.3 Å². The summed E-state index contributed by atoms with van der Waals surface area (Å²) in [6, 6.07) is 2.96. The number of aromatic nitrogens is 2. The molecule has 0 saturated carbocycles. The van der Waals surface area contributed by atoms with E-state index in [4.69, 9.17) is 0 Å². The molecule has 0 fully saturated rings. The van der Waals surface area contributed by atoms with E-state index < -0.39 is 0 Å². The Balaban J connectivity index is 2.26. The Morgan fingerprint density at radius 2 is 2.17 bits per heavy atom. The minimum Gasteiger partial charge on any atom is -0.327 e. The molecule has 5 nitrogen and oxygen atoms in total. The number of hydrogen-bond donors (Lipinski definition) is 0. The van der Waals surface area contributed by atoms with Crippen molar-refractivity contribution in [2.24, 2.45) is 13.0 Å². The van der Waals surface area contributed by atoms with Crippen LogP contribution in [0.4, 0.5) is 0 Å². The van der Waals surface area contributed by atoms with Crippen LogP contribution in [-0.4, -0.2) is 33.2 Å². The van der Waals surface area contributed by atoms with Gasteiger partial charge < -0.3 is 4.90 Å². The van der Waals surface area contributed by atoms with Gasteiger partial charge in [-0.15, -0.1) is 0 Å². The van der Waals surface area contributed by atoms with E-state index in [9.17, 15) is 9.59 Å². The van der Waals surface area contributed by atoms with E-state index in [-0.39, 0.29) is 17.5 Å². The molecule has 2 rings (SSSR count). The Kier molecular flexibility index (Phi) is 3.32. The first-order valence-electron chi connectivity index (χ1n) is 6.02. The van der Waals surface area contributed by atoms with Crippen molar-refractivity contribution in [3.8, 4) is 0 Å². The van der Waals surface area contributed by atoms with Gasteiger partial charge in [-0.05, 0) is 12.0 Å². The molecule has 96 valence electrons. The van der Waals surface area contributed by atoms with Crippen LogP contribution < -0.4 is 5.56 Å². The molecule has 0 radical (unpaired) electrons. The van der Waals surface area contributed by atoms with E-state index in [1.54, 1.807) is 11.9 Å². The first kappa shape index (κ1) is 12.5. The summed E-state index contributed by atoms with van der Waals surface area (Å²) in [5.41, 5.74) is 0.0953. The maximum Gasteiger partial charge on any atom is 0.275 e. The highest BCUT2D eigenvalue weighted by atomic mass is 16.2. The van der Waals surface area contributed by atoms with Crippen LogP contribution in [0.3, 0.4) is 0 Å². The summed E-state index contributed by atoms with van der Waals surface area (Å²) in [5, 5.41) is 4.00. The molecule has 1 aliphatic heterocycles. The number of rotatable bonds is 2. The first-order valence-corrected chi connectivity index (χ1v) is 6.02. The molecule has 1 atom stereocenters. The van der Waals surface area contributed by atoms with Crippen molar-refractivity contribution in [1.29, 1.82) is 0 Å². The van der Waals surface area contributed by atoms with Gasteiger partial charge in [-0.25, -0.2) is 4.68 Å². The van der Waals surface area contributed by atoms with Crippen LogP contribution in [-0.2, 0) is 7.05 Å². The van der Waals surface area contributed by atoms with E-state index in [1.165, 1.54) is 16.8 Å². The minimum absolute atomic E-state index is 0.108. The van der Waals surface area contributed by atoms with E-state index in [1.807, 2.05) is 12.2 Å². The van der Waals surface area contributed by atoms with Gasteiger partial charge in [0.15, 0.2) is 0 Å². The zero-order valence-electron chi connectivity index (χ0n) is 10.8. The van der Waals surface area contributed by atoms with Crippen LogP contribution in [0.25, 0.3) is 0 Å². The van der Waals surface area contributed by atoms with Crippen LogP contribution in [0.15, 0.2) is 29.1 Å². The third-order valence-corrected chi connectivity index (χ3v) is 3.12. The molecular formula is C13H17N3O2. The molecule has 0 aliphatic carbocycles. The third-order valence-electron chi connectivity index (χ3n) is 3.12. The number of carbonyl (C=O) groups excluding carboxylic acids is 1. The van der Waals surface area contributed by atoms with E-state index in [0.29, 0.717) is 18.2 Å². The standard InChI is InChI=1S/C13H17N3O2/c1-9(2)11-5-4-8-16(11)13(18)10-6-7-12(17)15(3)14-10/h4-7,9,11H,8H2,1-3H3/t11-/m0/s1. The summed E-state index contributed by atoms with van der Waals surface area (Å²) in [7, 11) is 1.54. The smallest absolute Gasteiger partial charge is 0.275 e. The topological polar surface area (TPSA) is 55.2 Å². The molecule has 0 bridgehead atoms. The Labute approximate surface area is 106 Å². The summed E-state index contributed by atoms with van der Waals surface area (Å²) in [4.78, 5) is 25.4. The van der Waals surface area contributed by atoms with Gasteiger partial charge in [0.05, 0.1) is 6.04 Å². The quantitative estimate of drug-likeness (QED) is 0.727. The zero-order chi connectivity index (χ0) is 13.3. The molecule has 0 aromatic carbocycles. The number of hydrogen-bond acceptors (Lipinski definition) is 3. The minimum atomic E-state index is -0.216. The fraction of sp³-hybridized carbons (Fsp3) is 0.462. The molecule has 1 aromatic rings. The fourth-order valence-electron chi connectivity index (χ4n) is 2.10. The van der Waals surface area contributed by atoms with Gasteiger partial charge in [-0.2, -0.15) is 5.10 Å². The van der Waals surface area contributed by atoms with Crippen molar-refractivity contribution in [1.82, 2.24) is 14.7 Å². The summed E-state index contributed by atoms with van der Waals surface area (Å²) in [6.07, 6.45) is 4.04. The monoisotopic (exact) mass is 247 g/mol. The second kappa shape index (κ2) is 4.76. The van der Waals surface area contributed by atoms with Crippen molar-refractivity contribution in [2.45, 2.75) is 19.9 Å². The Bertz CT molecular complexity index is 545. The second-order valence-corrected chi connectivity index (χ2v) is 4.80. The van der Waals surface area contributed by atoms with E-state index >= 15 is 0 Å². The van der Waals surface area contributed by atoms with Crippen molar-refractivity contribution in [3.63, 3.8) is 0 Å². The Morgan fingerprint density at radius 1 is 1.44 bits per heavy atom. The van der Waals surface area contributed by atoms with Gasteiger partial charge in [0, 0.05) is 19.7 Å². The molecule has 0 N–H and O–H groups in total. The average Bonchev–Trinajstić information content (AvgIpc) is 2.81. The second-order valence-electron chi connectivity index (χ2n) is 4.80. The number of nitrogens with zero attached hydrogens (tertiary/aromatic N) is 3. The van der Waals surface area contributed by atoms with Crippen molar-refractivity contribution in [2.75, 3.05) is 6.54 Å². The summed E-state index contributed by atoms with van der Waals surface area (Å²) < 4.78 is 1.18. The predicted molar refractivity (Wildman–Crippen MR) is 68.3 cm³/mol. The van der Waals surface area contributed by atoms with E-state index in [0.717, 1.165) is 0 Å². The zero-order valence-corrected chi connectivity index (χ0v) is 10.8. The first-order chi connectivity index (χ1) is 8.50. The van der Waals surface area contributed by atoms with Gasteiger partial charge in [0.1, 0.15) is 5.69 Å². The SMILES string of the molecule is CC(C)[C@@H]1C=CCN1C(=O)c1ccc(=O)n(C)n1. The van der Waals surface area contributed by atoms with E-state index in [2.05, 4.69) is 18.9 Å². The molecule has 18 heavy (non-hydrogen) atoms. The molecule has 1 aromatic heterocycles. The van der Waals surface area contributed by atoms with Crippen LogP contribution in [0, 0.1) is 5.92 Å². The number of amides is 1. The lowest BCUT2D eigenvalue weighted by Crippen LogP contribution is -2.40. The fourth-order valence-corrected chi connectivity index (χ4v) is 2.10. The van der Waals surface area contributed by atoms with Gasteiger partial charge in [0.2, 0.25) is 0 Å². The number of aryl methyl sites for hydroxylation is 1. The maximum atomic E-state index is 12.3. The molecule has 0 unspecified atom stereocenters. The third kappa shape index (κ3) is 2.20. The molecule has 1 amide bonds. The Morgan fingerprint density at radius 3 is 2.78 bits per heavy atom. The molecular weight excluding hydrogens is 230 g/mol. The van der Waals surface area contributed by atoms with Gasteiger partial charge in [0.25, 0.3) is 11.5 Å². The molecule has 5 heteroatoms. The Hall–Kier alpha value is -1.91. The predicted octanol–water partition coefficient (Wildman–Crippen LogP) is 0.817. The largest absolute Gasteiger partial charge is 0.327 e. The summed E-state index contributed by atoms with van der Waals surface area (Å²) in [6.45, 7) is 4.76. The molecule has 0 saturated heterocycles.